The number of likely N-dealkylation sites (tertiary alicyclic amines) is 1. The van der Waals surface area contributed by atoms with E-state index in [1.807, 2.05) is 4.90 Å². The predicted molar refractivity (Wildman–Crippen MR) is 67.3 cm³/mol. The number of hydrogen-bond acceptors (Lipinski definition) is 2. The largest absolute Gasteiger partial charge is 0.481 e. The summed E-state index contributed by atoms with van der Waals surface area (Å²) in [6.45, 7) is 1.71. The molecule has 1 saturated heterocycles. The van der Waals surface area contributed by atoms with Gasteiger partial charge in [0.1, 0.15) is 0 Å². The molecule has 0 aromatic heterocycles. The summed E-state index contributed by atoms with van der Waals surface area (Å²) in [5.41, 5.74) is 0. The van der Waals surface area contributed by atoms with Gasteiger partial charge in [-0.3, -0.25) is 4.79 Å². The topological polar surface area (TPSA) is 69.6 Å². The third-order valence-electron chi connectivity index (χ3n) is 4.05. The molecule has 2 aliphatic rings. The third-order valence-corrected chi connectivity index (χ3v) is 4.05. The van der Waals surface area contributed by atoms with Gasteiger partial charge in [0, 0.05) is 19.1 Å². The van der Waals surface area contributed by atoms with Crippen LogP contribution in [0.2, 0.25) is 0 Å². The summed E-state index contributed by atoms with van der Waals surface area (Å²) in [6, 6.07) is 0.198. The summed E-state index contributed by atoms with van der Waals surface area (Å²) >= 11 is 0. The smallest absolute Gasteiger partial charge is 0.317 e. The number of carbonyl (C=O) groups is 2. The third kappa shape index (κ3) is 3.37. The molecule has 1 heterocycles. The first-order valence-electron chi connectivity index (χ1n) is 6.95. The van der Waals surface area contributed by atoms with Crippen LogP contribution in [0.15, 0.2) is 0 Å². The number of amides is 2. The van der Waals surface area contributed by atoms with E-state index in [4.69, 9.17) is 5.11 Å². The van der Waals surface area contributed by atoms with Crippen LogP contribution in [0.4, 0.5) is 4.79 Å². The molecule has 0 bridgehead atoms. The molecule has 0 atom stereocenters. The summed E-state index contributed by atoms with van der Waals surface area (Å²) in [5.74, 6) is -0.913. The minimum absolute atomic E-state index is 0.0356. The molecule has 0 spiro atoms. The lowest BCUT2D eigenvalue weighted by atomic mass is 9.86. The van der Waals surface area contributed by atoms with Crippen molar-refractivity contribution in [1.82, 2.24) is 10.2 Å². The van der Waals surface area contributed by atoms with E-state index < -0.39 is 5.97 Å². The first-order chi connectivity index (χ1) is 8.66. The van der Waals surface area contributed by atoms with Gasteiger partial charge in [-0.2, -0.15) is 0 Å². The van der Waals surface area contributed by atoms with Crippen molar-refractivity contribution in [1.29, 1.82) is 0 Å². The number of piperidine rings is 1. The number of aliphatic carboxylic acids is 1. The molecule has 5 heteroatoms. The highest BCUT2D eigenvalue weighted by Crippen LogP contribution is 2.24. The van der Waals surface area contributed by atoms with E-state index in [1.54, 1.807) is 0 Å². The van der Waals surface area contributed by atoms with E-state index in [1.165, 1.54) is 6.42 Å². The standard InChI is InChI=1S/C13H22N2O3/c16-12(17)10-4-6-11(7-5-10)14-13(18)15-8-2-1-3-9-15/h10-11H,1-9H2,(H,14,18)(H,16,17). The summed E-state index contributed by atoms with van der Waals surface area (Å²) < 4.78 is 0. The molecule has 0 radical (unpaired) electrons. The molecule has 1 saturated carbocycles. The number of carboxylic acid groups (broad SMARTS) is 1. The van der Waals surface area contributed by atoms with Gasteiger partial charge in [0.05, 0.1) is 5.92 Å². The number of carboxylic acids is 1. The summed E-state index contributed by atoms with van der Waals surface area (Å²) in [5, 5.41) is 12.0. The second-order valence-electron chi connectivity index (χ2n) is 5.38. The van der Waals surface area contributed by atoms with E-state index in [-0.39, 0.29) is 18.0 Å². The molecule has 5 nitrogen and oxygen atoms in total. The Morgan fingerprint density at radius 1 is 1.00 bits per heavy atom. The Labute approximate surface area is 108 Å². The summed E-state index contributed by atoms with van der Waals surface area (Å²) in [7, 11) is 0. The van der Waals surface area contributed by atoms with Crippen LogP contribution in [0.5, 0.6) is 0 Å². The quantitative estimate of drug-likeness (QED) is 0.789. The average molecular weight is 254 g/mol. The zero-order valence-corrected chi connectivity index (χ0v) is 10.7. The van der Waals surface area contributed by atoms with Crippen LogP contribution in [0.3, 0.4) is 0 Å². The van der Waals surface area contributed by atoms with Crippen molar-refractivity contribution < 1.29 is 14.7 Å². The van der Waals surface area contributed by atoms with Crippen LogP contribution in [-0.2, 0) is 4.79 Å². The van der Waals surface area contributed by atoms with E-state index >= 15 is 0 Å². The van der Waals surface area contributed by atoms with Crippen molar-refractivity contribution in [3.8, 4) is 0 Å². The molecular weight excluding hydrogens is 232 g/mol. The maximum absolute atomic E-state index is 12.0. The maximum Gasteiger partial charge on any atom is 0.317 e. The number of carbonyl (C=O) groups excluding carboxylic acids is 1. The Balaban J connectivity index is 1.73. The van der Waals surface area contributed by atoms with Crippen molar-refractivity contribution in [2.75, 3.05) is 13.1 Å². The molecule has 102 valence electrons. The minimum atomic E-state index is -0.698. The van der Waals surface area contributed by atoms with Crippen molar-refractivity contribution >= 4 is 12.0 Å². The summed E-state index contributed by atoms with van der Waals surface area (Å²) in [4.78, 5) is 24.7. The van der Waals surface area contributed by atoms with Gasteiger partial charge in [-0.15, -0.1) is 0 Å². The number of rotatable bonds is 2. The first kappa shape index (κ1) is 13.2. The van der Waals surface area contributed by atoms with Gasteiger partial charge < -0.3 is 15.3 Å². The second kappa shape index (κ2) is 6.07. The van der Waals surface area contributed by atoms with Crippen LogP contribution in [0, 0.1) is 5.92 Å². The van der Waals surface area contributed by atoms with Gasteiger partial charge in [0.15, 0.2) is 0 Å². The lowest BCUT2D eigenvalue weighted by molar-refractivity contribution is -0.142. The van der Waals surface area contributed by atoms with Crippen LogP contribution in [0.1, 0.15) is 44.9 Å². The van der Waals surface area contributed by atoms with E-state index in [9.17, 15) is 9.59 Å². The van der Waals surface area contributed by atoms with Crippen LogP contribution in [-0.4, -0.2) is 41.1 Å². The second-order valence-corrected chi connectivity index (χ2v) is 5.38. The minimum Gasteiger partial charge on any atom is -0.481 e. The maximum atomic E-state index is 12.0. The molecule has 0 unspecified atom stereocenters. The Bertz CT molecular complexity index is 305. The Kier molecular flexibility index (Phi) is 4.44. The lowest BCUT2D eigenvalue weighted by Gasteiger charge is -2.31. The Morgan fingerprint density at radius 2 is 1.61 bits per heavy atom. The normalized spacial score (nSPS) is 28.8. The molecule has 1 aliphatic carbocycles. The van der Waals surface area contributed by atoms with Crippen molar-refractivity contribution in [2.45, 2.75) is 51.0 Å². The lowest BCUT2D eigenvalue weighted by Crippen LogP contribution is -2.47. The fourth-order valence-electron chi connectivity index (χ4n) is 2.85. The predicted octanol–water partition coefficient (Wildman–Crippen LogP) is 1.83. The first-order valence-corrected chi connectivity index (χ1v) is 6.95. The molecule has 18 heavy (non-hydrogen) atoms. The van der Waals surface area contributed by atoms with Gasteiger partial charge in [0.2, 0.25) is 0 Å². The zero-order chi connectivity index (χ0) is 13.0. The van der Waals surface area contributed by atoms with Gasteiger partial charge in [0.25, 0.3) is 0 Å². The fourth-order valence-corrected chi connectivity index (χ4v) is 2.85. The SMILES string of the molecule is O=C(O)C1CCC(NC(=O)N2CCCCC2)CC1. The monoisotopic (exact) mass is 254 g/mol. The number of nitrogens with zero attached hydrogens (tertiary/aromatic N) is 1. The number of urea groups is 1. The van der Waals surface area contributed by atoms with Gasteiger partial charge in [-0.05, 0) is 44.9 Å². The highest BCUT2D eigenvalue weighted by molar-refractivity contribution is 5.74. The molecule has 2 rings (SSSR count). The molecule has 0 aromatic carbocycles. The fraction of sp³-hybridized carbons (Fsp3) is 0.846. The van der Waals surface area contributed by atoms with Gasteiger partial charge in [-0.1, -0.05) is 0 Å². The van der Waals surface area contributed by atoms with E-state index in [2.05, 4.69) is 5.32 Å². The zero-order valence-electron chi connectivity index (χ0n) is 10.7. The highest BCUT2D eigenvalue weighted by Gasteiger charge is 2.27. The highest BCUT2D eigenvalue weighted by atomic mass is 16.4. The van der Waals surface area contributed by atoms with E-state index in [0.29, 0.717) is 12.8 Å². The number of hydrogen-bond donors (Lipinski definition) is 2. The van der Waals surface area contributed by atoms with Crippen LogP contribution >= 0.6 is 0 Å². The number of nitrogens with one attached hydrogen (secondary N) is 1. The van der Waals surface area contributed by atoms with Crippen LogP contribution in [0.25, 0.3) is 0 Å². The molecule has 2 fully saturated rings. The molecular formula is C13H22N2O3. The van der Waals surface area contributed by atoms with Crippen LogP contribution < -0.4 is 5.32 Å². The molecule has 1 aliphatic heterocycles. The molecule has 2 N–H and O–H groups in total. The Morgan fingerprint density at radius 3 is 2.17 bits per heavy atom. The molecule has 2 amide bonds. The van der Waals surface area contributed by atoms with Gasteiger partial charge in [-0.25, -0.2) is 4.79 Å². The molecule has 0 aromatic rings. The van der Waals surface area contributed by atoms with Crippen molar-refractivity contribution in [3.63, 3.8) is 0 Å². The van der Waals surface area contributed by atoms with Crippen molar-refractivity contribution in [2.24, 2.45) is 5.92 Å². The van der Waals surface area contributed by atoms with Gasteiger partial charge >= 0.3 is 12.0 Å². The van der Waals surface area contributed by atoms with E-state index in [0.717, 1.165) is 38.8 Å². The average Bonchev–Trinajstić information content (AvgIpc) is 2.40. The van der Waals surface area contributed by atoms with Crippen molar-refractivity contribution in [3.05, 3.63) is 0 Å². The Hall–Kier alpha value is -1.26. The summed E-state index contributed by atoms with van der Waals surface area (Å²) in [6.07, 6.45) is 6.35.